The molecule has 0 spiro atoms. The SMILES string of the molecule is CCS(=O)(=O)N1CCO[C@H](C)[C@H]1c1nc(C2CC2)no1. The van der Waals surface area contributed by atoms with Crippen molar-refractivity contribution in [3.8, 4) is 0 Å². The number of sulfonamides is 1. The number of aromatic nitrogens is 2. The summed E-state index contributed by atoms with van der Waals surface area (Å²) in [7, 11) is -3.32. The van der Waals surface area contributed by atoms with Crippen molar-refractivity contribution in [2.45, 2.75) is 44.8 Å². The summed E-state index contributed by atoms with van der Waals surface area (Å²) in [5.41, 5.74) is 0. The standard InChI is InChI=1S/C12H19N3O4S/c1-3-20(16,17)15-6-7-18-8(2)10(15)12-13-11(14-19-12)9-4-5-9/h8-10H,3-7H2,1-2H3/t8-,10+/m1/s1. The van der Waals surface area contributed by atoms with E-state index in [1.165, 1.54) is 4.31 Å². The van der Waals surface area contributed by atoms with Crippen LogP contribution in [0.3, 0.4) is 0 Å². The first kappa shape index (κ1) is 14.0. The predicted molar refractivity (Wildman–Crippen MR) is 70.6 cm³/mol. The Hall–Kier alpha value is -0.990. The molecule has 20 heavy (non-hydrogen) atoms. The van der Waals surface area contributed by atoms with E-state index < -0.39 is 16.1 Å². The summed E-state index contributed by atoms with van der Waals surface area (Å²) in [4.78, 5) is 4.38. The maximum atomic E-state index is 12.2. The van der Waals surface area contributed by atoms with Crippen molar-refractivity contribution in [2.75, 3.05) is 18.9 Å². The molecule has 8 heteroatoms. The highest BCUT2D eigenvalue weighted by atomic mass is 32.2. The van der Waals surface area contributed by atoms with Crippen LogP contribution in [0, 0.1) is 0 Å². The summed E-state index contributed by atoms with van der Waals surface area (Å²) in [5, 5.41) is 3.97. The van der Waals surface area contributed by atoms with Crippen molar-refractivity contribution in [1.82, 2.24) is 14.4 Å². The van der Waals surface area contributed by atoms with E-state index in [9.17, 15) is 8.42 Å². The van der Waals surface area contributed by atoms with Crippen molar-refractivity contribution in [3.05, 3.63) is 11.7 Å². The van der Waals surface area contributed by atoms with Gasteiger partial charge < -0.3 is 9.26 Å². The molecule has 2 atom stereocenters. The molecular weight excluding hydrogens is 282 g/mol. The second-order valence-electron chi connectivity index (χ2n) is 5.30. The Labute approximate surface area is 118 Å². The quantitative estimate of drug-likeness (QED) is 0.826. The minimum Gasteiger partial charge on any atom is -0.375 e. The molecule has 2 fully saturated rings. The Bertz CT molecular complexity index is 581. The van der Waals surface area contributed by atoms with Crippen LogP contribution in [-0.2, 0) is 14.8 Å². The van der Waals surface area contributed by atoms with Gasteiger partial charge in [-0.2, -0.15) is 9.29 Å². The van der Waals surface area contributed by atoms with Gasteiger partial charge in [-0.3, -0.25) is 0 Å². The van der Waals surface area contributed by atoms with Gasteiger partial charge >= 0.3 is 0 Å². The molecule has 0 bridgehead atoms. The maximum absolute atomic E-state index is 12.2. The van der Waals surface area contributed by atoms with Crippen LogP contribution < -0.4 is 0 Å². The summed E-state index contributed by atoms with van der Waals surface area (Å²) in [5.74, 6) is 1.46. The molecule has 2 aliphatic rings. The van der Waals surface area contributed by atoms with Gasteiger partial charge in [-0.15, -0.1) is 0 Å². The summed E-state index contributed by atoms with van der Waals surface area (Å²) in [6.45, 7) is 4.19. The largest absolute Gasteiger partial charge is 0.375 e. The van der Waals surface area contributed by atoms with E-state index in [0.717, 1.165) is 12.8 Å². The van der Waals surface area contributed by atoms with Crippen molar-refractivity contribution in [3.63, 3.8) is 0 Å². The Morgan fingerprint density at radius 2 is 2.15 bits per heavy atom. The normalized spacial score (nSPS) is 28.7. The van der Waals surface area contributed by atoms with Gasteiger partial charge in [0.15, 0.2) is 5.82 Å². The average Bonchev–Trinajstić information content (AvgIpc) is 3.17. The number of morpholine rings is 1. The lowest BCUT2D eigenvalue weighted by molar-refractivity contribution is -0.0400. The Morgan fingerprint density at radius 1 is 1.40 bits per heavy atom. The van der Waals surface area contributed by atoms with Crippen LogP contribution in [0.1, 0.15) is 50.4 Å². The molecule has 0 amide bonds. The third-order valence-electron chi connectivity index (χ3n) is 3.82. The molecule has 1 saturated carbocycles. The van der Waals surface area contributed by atoms with Crippen LogP contribution in [0.5, 0.6) is 0 Å². The third kappa shape index (κ3) is 2.47. The molecule has 0 radical (unpaired) electrons. The summed E-state index contributed by atoms with van der Waals surface area (Å²) in [6.07, 6.45) is 1.86. The average molecular weight is 301 g/mol. The lowest BCUT2D eigenvalue weighted by atomic mass is 10.1. The topological polar surface area (TPSA) is 85.5 Å². The third-order valence-corrected chi connectivity index (χ3v) is 5.68. The fraction of sp³-hybridized carbons (Fsp3) is 0.833. The van der Waals surface area contributed by atoms with Crippen molar-refractivity contribution >= 4 is 10.0 Å². The number of hydrogen-bond acceptors (Lipinski definition) is 6. The zero-order valence-corrected chi connectivity index (χ0v) is 12.5. The van der Waals surface area contributed by atoms with E-state index in [2.05, 4.69) is 10.1 Å². The summed E-state index contributed by atoms with van der Waals surface area (Å²) in [6, 6.07) is -0.520. The van der Waals surface area contributed by atoms with Crippen molar-refractivity contribution in [1.29, 1.82) is 0 Å². The van der Waals surface area contributed by atoms with Crippen LogP contribution in [0.25, 0.3) is 0 Å². The predicted octanol–water partition coefficient (Wildman–Crippen LogP) is 1.06. The molecule has 1 aromatic heterocycles. The van der Waals surface area contributed by atoms with E-state index in [1.54, 1.807) is 6.92 Å². The fourth-order valence-corrected chi connectivity index (χ4v) is 3.76. The minimum absolute atomic E-state index is 0.0554. The molecule has 0 unspecified atom stereocenters. The van der Waals surface area contributed by atoms with Gasteiger partial charge in [0.05, 0.1) is 18.5 Å². The summed E-state index contributed by atoms with van der Waals surface area (Å²) < 4.78 is 36.7. The zero-order valence-electron chi connectivity index (χ0n) is 11.7. The number of nitrogens with zero attached hydrogens (tertiary/aromatic N) is 3. The van der Waals surface area contributed by atoms with Crippen LogP contribution >= 0.6 is 0 Å². The first-order chi connectivity index (χ1) is 9.53. The molecule has 0 N–H and O–H groups in total. The van der Waals surface area contributed by atoms with Gasteiger partial charge in [0.25, 0.3) is 0 Å². The van der Waals surface area contributed by atoms with Gasteiger partial charge in [0.2, 0.25) is 15.9 Å². The van der Waals surface area contributed by atoms with Gasteiger partial charge in [0, 0.05) is 12.5 Å². The molecule has 1 aromatic rings. The highest BCUT2D eigenvalue weighted by molar-refractivity contribution is 7.89. The molecule has 1 aliphatic carbocycles. The molecule has 2 heterocycles. The minimum atomic E-state index is -3.32. The Kier molecular flexibility index (Phi) is 3.55. The van der Waals surface area contributed by atoms with Crippen LogP contribution in [0.4, 0.5) is 0 Å². The zero-order chi connectivity index (χ0) is 14.3. The monoisotopic (exact) mass is 301 g/mol. The Balaban J connectivity index is 1.92. The molecule has 3 rings (SSSR count). The fourth-order valence-electron chi connectivity index (χ4n) is 2.47. The van der Waals surface area contributed by atoms with E-state index >= 15 is 0 Å². The molecule has 1 saturated heterocycles. The van der Waals surface area contributed by atoms with E-state index in [-0.39, 0.29) is 11.9 Å². The molecule has 7 nitrogen and oxygen atoms in total. The van der Waals surface area contributed by atoms with Gasteiger partial charge in [0.1, 0.15) is 6.04 Å². The highest BCUT2D eigenvalue weighted by Gasteiger charge is 2.41. The van der Waals surface area contributed by atoms with E-state index in [1.807, 2.05) is 6.92 Å². The highest BCUT2D eigenvalue weighted by Crippen LogP contribution is 2.39. The number of ether oxygens (including phenoxy) is 1. The van der Waals surface area contributed by atoms with E-state index in [4.69, 9.17) is 9.26 Å². The first-order valence-corrected chi connectivity index (χ1v) is 8.58. The lowest BCUT2D eigenvalue weighted by Gasteiger charge is -2.36. The molecule has 0 aromatic carbocycles. The Morgan fingerprint density at radius 3 is 2.80 bits per heavy atom. The number of hydrogen-bond donors (Lipinski definition) is 0. The smallest absolute Gasteiger partial charge is 0.247 e. The van der Waals surface area contributed by atoms with Crippen LogP contribution in [0.15, 0.2) is 4.52 Å². The van der Waals surface area contributed by atoms with E-state index in [0.29, 0.717) is 30.8 Å². The second kappa shape index (κ2) is 5.09. The van der Waals surface area contributed by atoms with Crippen LogP contribution in [0.2, 0.25) is 0 Å². The lowest BCUT2D eigenvalue weighted by Crippen LogP contribution is -2.47. The van der Waals surface area contributed by atoms with Crippen molar-refractivity contribution < 1.29 is 17.7 Å². The number of rotatable bonds is 4. The summed E-state index contributed by atoms with van der Waals surface area (Å²) >= 11 is 0. The van der Waals surface area contributed by atoms with Gasteiger partial charge in [-0.05, 0) is 26.7 Å². The molecular formula is C12H19N3O4S. The van der Waals surface area contributed by atoms with Crippen LogP contribution in [-0.4, -0.2) is 47.9 Å². The van der Waals surface area contributed by atoms with Gasteiger partial charge in [-0.1, -0.05) is 5.16 Å². The first-order valence-electron chi connectivity index (χ1n) is 6.97. The molecule has 112 valence electrons. The second-order valence-corrected chi connectivity index (χ2v) is 7.51. The van der Waals surface area contributed by atoms with Crippen molar-refractivity contribution in [2.24, 2.45) is 0 Å². The maximum Gasteiger partial charge on any atom is 0.247 e. The van der Waals surface area contributed by atoms with Gasteiger partial charge in [-0.25, -0.2) is 8.42 Å². The molecule has 1 aliphatic heterocycles.